The van der Waals surface area contributed by atoms with Crippen LogP contribution in [0.15, 0.2) is 54.7 Å². The molecule has 0 aromatic heterocycles. The van der Waals surface area contributed by atoms with Crippen LogP contribution in [-0.2, 0) is 4.79 Å². The molecule has 2 rings (SSSR count). The van der Waals surface area contributed by atoms with Gasteiger partial charge in [-0.05, 0) is 54.7 Å². The lowest BCUT2D eigenvalue weighted by Crippen LogP contribution is -2.11. The molecule has 2 aromatic carbocycles. The molecule has 6 heteroatoms. The number of carbonyl (C=O) groups is 2. The number of hydrogen-bond donors (Lipinski definition) is 3. The van der Waals surface area contributed by atoms with Crippen molar-refractivity contribution >= 4 is 29.2 Å². The number of rotatable bonds is 8. The molecular weight excluding hydrogens is 354 g/mol. The molecule has 1 atom stereocenters. The molecule has 2 aromatic rings. The summed E-state index contributed by atoms with van der Waals surface area (Å²) in [5.41, 5.74) is 3.15. The van der Waals surface area contributed by atoms with Gasteiger partial charge >= 0.3 is 11.9 Å². The molecule has 0 bridgehead atoms. The Morgan fingerprint density at radius 1 is 1.12 bits per heavy atom. The van der Waals surface area contributed by atoms with Crippen LogP contribution in [0.2, 0.25) is 5.02 Å². The van der Waals surface area contributed by atoms with Crippen LogP contribution in [0, 0.1) is 6.92 Å². The number of anilines is 1. The van der Waals surface area contributed by atoms with Gasteiger partial charge in [-0.15, -0.1) is 0 Å². The summed E-state index contributed by atoms with van der Waals surface area (Å²) in [6.07, 6.45) is 0.348. The van der Waals surface area contributed by atoms with Crippen molar-refractivity contribution in [3.05, 3.63) is 76.5 Å². The van der Waals surface area contributed by atoms with E-state index in [-0.39, 0.29) is 17.9 Å². The molecule has 0 aliphatic carbocycles. The maximum Gasteiger partial charge on any atom is 0.335 e. The van der Waals surface area contributed by atoms with Crippen molar-refractivity contribution in [1.29, 1.82) is 0 Å². The second-order valence-corrected chi connectivity index (χ2v) is 6.55. The van der Waals surface area contributed by atoms with Crippen molar-refractivity contribution in [2.75, 3.05) is 5.32 Å². The second kappa shape index (κ2) is 8.54. The Bertz CT molecular complexity index is 830. The van der Waals surface area contributed by atoms with Gasteiger partial charge in [-0.1, -0.05) is 36.4 Å². The van der Waals surface area contributed by atoms with Gasteiger partial charge in [-0.2, -0.15) is 0 Å². The molecule has 0 aliphatic rings. The van der Waals surface area contributed by atoms with Crippen LogP contribution in [0.3, 0.4) is 0 Å². The van der Waals surface area contributed by atoms with Gasteiger partial charge in [-0.25, -0.2) is 4.79 Å². The van der Waals surface area contributed by atoms with E-state index in [0.717, 1.165) is 11.1 Å². The van der Waals surface area contributed by atoms with Crippen molar-refractivity contribution in [1.82, 2.24) is 0 Å². The van der Waals surface area contributed by atoms with Crippen LogP contribution < -0.4 is 5.32 Å². The van der Waals surface area contributed by atoms with E-state index in [1.807, 2.05) is 6.92 Å². The predicted octanol–water partition coefficient (Wildman–Crippen LogP) is 4.92. The number of benzene rings is 2. The van der Waals surface area contributed by atoms with Gasteiger partial charge in [0.05, 0.1) is 12.0 Å². The highest BCUT2D eigenvalue weighted by atomic mass is 35.5. The zero-order chi connectivity index (χ0) is 19.3. The van der Waals surface area contributed by atoms with Crippen LogP contribution in [0.25, 0.3) is 0 Å². The van der Waals surface area contributed by atoms with E-state index in [9.17, 15) is 14.7 Å². The largest absolute Gasteiger partial charge is 0.481 e. The van der Waals surface area contributed by atoms with Crippen molar-refractivity contribution in [3.63, 3.8) is 0 Å². The standard InChI is InChI=1S/C20H20ClNO4/c1-12-3-4-15(20(25)26)10-18(12)22-13(2)9-16(11-19(23)24)14-5-7-17(21)8-6-14/h3-8,10,16,22H,2,9,11H2,1H3,(H,23,24)(H,25,26). The lowest BCUT2D eigenvalue weighted by molar-refractivity contribution is -0.137. The Balaban J connectivity index is 2.17. The summed E-state index contributed by atoms with van der Waals surface area (Å²) in [5, 5.41) is 22.0. The van der Waals surface area contributed by atoms with Gasteiger partial charge in [0.1, 0.15) is 0 Å². The number of allylic oxidation sites excluding steroid dienone is 1. The summed E-state index contributed by atoms with van der Waals surface area (Å²) in [5.74, 6) is -2.18. The highest BCUT2D eigenvalue weighted by molar-refractivity contribution is 6.30. The number of aromatic carboxylic acids is 1. The molecular formula is C20H20ClNO4. The molecule has 3 N–H and O–H groups in total. The first-order chi connectivity index (χ1) is 12.3. The molecule has 0 saturated carbocycles. The maximum absolute atomic E-state index is 11.2. The molecule has 0 aliphatic heterocycles. The lowest BCUT2D eigenvalue weighted by atomic mass is 9.91. The minimum absolute atomic E-state index is 0.0452. The molecule has 5 nitrogen and oxygen atoms in total. The van der Waals surface area contributed by atoms with Gasteiger partial charge in [0.25, 0.3) is 0 Å². The number of carboxylic acid groups (broad SMARTS) is 2. The highest BCUT2D eigenvalue weighted by Crippen LogP contribution is 2.29. The van der Waals surface area contributed by atoms with Crippen LogP contribution in [-0.4, -0.2) is 22.2 Å². The van der Waals surface area contributed by atoms with Crippen LogP contribution in [0.5, 0.6) is 0 Å². The number of aliphatic carboxylic acids is 1. The molecule has 1 unspecified atom stereocenters. The lowest BCUT2D eigenvalue weighted by Gasteiger charge is -2.19. The molecule has 0 heterocycles. The Labute approximate surface area is 156 Å². The van der Waals surface area contributed by atoms with E-state index in [0.29, 0.717) is 22.8 Å². The third kappa shape index (κ3) is 5.36. The van der Waals surface area contributed by atoms with Gasteiger partial charge in [0, 0.05) is 16.4 Å². The first-order valence-electron chi connectivity index (χ1n) is 8.02. The average Bonchev–Trinajstić information content (AvgIpc) is 2.56. The molecule has 0 fully saturated rings. The first kappa shape index (κ1) is 19.5. The quantitative estimate of drug-likeness (QED) is 0.611. The van der Waals surface area contributed by atoms with E-state index in [2.05, 4.69) is 11.9 Å². The first-order valence-corrected chi connectivity index (χ1v) is 8.40. The minimum atomic E-state index is -1.01. The third-order valence-electron chi connectivity index (χ3n) is 4.05. The van der Waals surface area contributed by atoms with Crippen molar-refractivity contribution in [2.45, 2.75) is 25.7 Å². The van der Waals surface area contributed by atoms with E-state index < -0.39 is 11.9 Å². The smallest absolute Gasteiger partial charge is 0.335 e. The van der Waals surface area contributed by atoms with Crippen molar-refractivity contribution in [3.8, 4) is 0 Å². The summed E-state index contributed by atoms with van der Waals surface area (Å²) < 4.78 is 0. The summed E-state index contributed by atoms with van der Waals surface area (Å²) in [6, 6.07) is 11.8. The Hall–Kier alpha value is -2.79. The molecule has 136 valence electrons. The molecule has 0 spiro atoms. The van der Waals surface area contributed by atoms with Crippen LogP contribution >= 0.6 is 11.6 Å². The highest BCUT2D eigenvalue weighted by Gasteiger charge is 2.17. The van der Waals surface area contributed by atoms with Gasteiger partial charge < -0.3 is 15.5 Å². The Morgan fingerprint density at radius 2 is 1.77 bits per heavy atom. The van der Waals surface area contributed by atoms with Crippen molar-refractivity contribution in [2.24, 2.45) is 0 Å². The van der Waals surface area contributed by atoms with E-state index in [1.165, 1.54) is 12.1 Å². The monoisotopic (exact) mass is 373 g/mol. The normalized spacial score (nSPS) is 11.6. The van der Waals surface area contributed by atoms with Crippen LogP contribution in [0.4, 0.5) is 5.69 Å². The number of halogens is 1. The summed E-state index contributed by atoms with van der Waals surface area (Å²) in [7, 11) is 0. The minimum Gasteiger partial charge on any atom is -0.481 e. The summed E-state index contributed by atoms with van der Waals surface area (Å²) >= 11 is 5.90. The second-order valence-electron chi connectivity index (χ2n) is 6.11. The Morgan fingerprint density at radius 3 is 2.35 bits per heavy atom. The number of aryl methyl sites for hydroxylation is 1. The number of carboxylic acids is 2. The maximum atomic E-state index is 11.2. The predicted molar refractivity (Wildman–Crippen MR) is 102 cm³/mol. The fourth-order valence-corrected chi connectivity index (χ4v) is 2.81. The van der Waals surface area contributed by atoms with Gasteiger partial charge in [0.15, 0.2) is 0 Å². The van der Waals surface area contributed by atoms with E-state index >= 15 is 0 Å². The SMILES string of the molecule is C=C(CC(CC(=O)O)c1ccc(Cl)cc1)Nc1cc(C(=O)O)ccc1C. The third-order valence-corrected chi connectivity index (χ3v) is 4.30. The number of hydrogen-bond acceptors (Lipinski definition) is 3. The van der Waals surface area contributed by atoms with E-state index in [4.69, 9.17) is 16.7 Å². The molecule has 26 heavy (non-hydrogen) atoms. The fourth-order valence-electron chi connectivity index (χ4n) is 2.68. The molecule has 0 amide bonds. The molecule has 0 radical (unpaired) electrons. The summed E-state index contributed by atoms with van der Waals surface area (Å²) in [4.78, 5) is 22.4. The zero-order valence-corrected chi connectivity index (χ0v) is 15.1. The van der Waals surface area contributed by atoms with Crippen molar-refractivity contribution < 1.29 is 19.8 Å². The fraction of sp³-hybridized carbons (Fsp3) is 0.200. The van der Waals surface area contributed by atoms with Gasteiger partial charge in [-0.3, -0.25) is 4.79 Å². The van der Waals surface area contributed by atoms with E-state index in [1.54, 1.807) is 30.3 Å². The Kier molecular flexibility index (Phi) is 6.41. The zero-order valence-electron chi connectivity index (χ0n) is 14.3. The summed E-state index contributed by atoms with van der Waals surface area (Å²) in [6.45, 7) is 5.83. The molecule has 0 saturated heterocycles. The average molecular weight is 374 g/mol. The van der Waals surface area contributed by atoms with Crippen LogP contribution in [0.1, 0.15) is 40.2 Å². The topological polar surface area (TPSA) is 86.6 Å². The van der Waals surface area contributed by atoms with Gasteiger partial charge in [0.2, 0.25) is 0 Å². The number of nitrogens with one attached hydrogen (secondary N) is 1.